The molecule has 1 aliphatic rings. The zero-order chi connectivity index (χ0) is 12.0. The SMILES string of the molecule is CN(CCCO)S(=O)(=O)NC1CCOCC1. The molecule has 1 rings (SSSR count). The van der Waals surface area contributed by atoms with Crippen molar-refractivity contribution in [2.24, 2.45) is 0 Å². The average molecular weight is 252 g/mol. The van der Waals surface area contributed by atoms with Gasteiger partial charge in [0, 0.05) is 39.5 Å². The smallest absolute Gasteiger partial charge is 0.279 e. The quantitative estimate of drug-likeness (QED) is 0.656. The van der Waals surface area contributed by atoms with Crippen LogP contribution in [0, 0.1) is 0 Å². The largest absolute Gasteiger partial charge is 0.396 e. The lowest BCUT2D eigenvalue weighted by molar-refractivity contribution is 0.0828. The van der Waals surface area contributed by atoms with Crippen LogP contribution >= 0.6 is 0 Å². The average Bonchev–Trinajstić information content (AvgIpc) is 2.26. The Morgan fingerprint density at radius 2 is 2.06 bits per heavy atom. The Morgan fingerprint density at radius 3 is 2.62 bits per heavy atom. The van der Waals surface area contributed by atoms with E-state index in [9.17, 15) is 8.42 Å². The monoisotopic (exact) mass is 252 g/mol. The van der Waals surface area contributed by atoms with Crippen molar-refractivity contribution in [3.63, 3.8) is 0 Å². The van der Waals surface area contributed by atoms with Crippen molar-refractivity contribution >= 4 is 10.2 Å². The summed E-state index contributed by atoms with van der Waals surface area (Å²) >= 11 is 0. The van der Waals surface area contributed by atoms with Gasteiger partial charge in [-0.1, -0.05) is 0 Å². The Hall–Kier alpha value is -0.210. The summed E-state index contributed by atoms with van der Waals surface area (Å²) in [6.45, 7) is 1.53. The minimum atomic E-state index is -3.42. The molecule has 0 aromatic heterocycles. The summed E-state index contributed by atoms with van der Waals surface area (Å²) in [4.78, 5) is 0. The molecule has 1 aliphatic heterocycles. The third kappa shape index (κ3) is 4.34. The molecule has 1 heterocycles. The van der Waals surface area contributed by atoms with Gasteiger partial charge >= 0.3 is 0 Å². The number of rotatable bonds is 6. The molecule has 0 aromatic carbocycles. The Labute approximate surface area is 96.8 Å². The van der Waals surface area contributed by atoms with Crippen molar-refractivity contribution in [3.8, 4) is 0 Å². The lowest BCUT2D eigenvalue weighted by Crippen LogP contribution is -2.46. The van der Waals surface area contributed by atoms with E-state index in [1.165, 1.54) is 11.4 Å². The molecule has 0 amide bonds. The Balaban J connectivity index is 2.42. The van der Waals surface area contributed by atoms with Gasteiger partial charge in [-0.15, -0.1) is 0 Å². The van der Waals surface area contributed by atoms with Crippen LogP contribution in [0.1, 0.15) is 19.3 Å². The van der Waals surface area contributed by atoms with Gasteiger partial charge in [0.15, 0.2) is 0 Å². The fraction of sp³-hybridized carbons (Fsp3) is 1.00. The Kier molecular flexibility index (Phi) is 5.63. The van der Waals surface area contributed by atoms with Gasteiger partial charge < -0.3 is 9.84 Å². The summed E-state index contributed by atoms with van der Waals surface area (Å²) in [5.41, 5.74) is 0. The van der Waals surface area contributed by atoms with Crippen LogP contribution in [0.25, 0.3) is 0 Å². The van der Waals surface area contributed by atoms with Crippen LogP contribution in [0.2, 0.25) is 0 Å². The predicted octanol–water partition coefficient (Wildman–Crippen LogP) is -0.686. The molecule has 2 N–H and O–H groups in total. The van der Waals surface area contributed by atoms with Gasteiger partial charge in [0.2, 0.25) is 0 Å². The van der Waals surface area contributed by atoms with Crippen molar-refractivity contribution in [2.75, 3.05) is 33.4 Å². The molecular formula is C9H20N2O4S. The molecular weight excluding hydrogens is 232 g/mol. The summed E-state index contributed by atoms with van der Waals surface area (Å²) in [7, 11) is -1.90. The van der Waals surface area contributed by atoms with E-state index in [-0.39, 0.29) is 12.6 Å². The van der Waals surface area contributed by atoms with Crippen LogP contribution in [0.15, 0.2) is 0 Å². The molecule has 96 valence electrons. The van der Waals surface area contributed by atoms with Crippen LogP contribution in [-0.2, 0) is 14.9 Å². The van der Waals surface area contributed by atoms with Crippen LogP contribution in [-0.4, -0.2) is 57.3 Å². The van der Waals surface area contributed by atoms with Crippen LogP contribution < -0.4 is 4.72 Å². The van der Waals surface area contributed by atoms with Gasteiger partial charge in [0.1, 0.15) is 0 Å². The summed E-state index contributed by atoms with van der Waals surface area (Å²) < 4.78 is 32.6. The summed E-state index contributed by atoms with van der Waals surface area (Å²) in [6, 6.07) is -0.0321. The fourth-order valence-corrected chi connectivity index (χ4v) is 2.74. The summed E-state index contributed by atoms with van der Waals surface area (Å²) in [5, 5.41) is 8.64. The molecule has 0 unspecified atom stereocenters. The zero-order valence-corrected chi connectivity index (χ0v) is 10.4. The van der Waals surface area contributed by atoms with E-state index in [0.29, 0.717) is 39.0 Å². The number of aliphatic hydroxyl groups is 1. The van der Waals surface area contributed by atoms with Crippen molar-refractivity contribution in [2.45, 2.75) is 25.3 Å². The molecule has 0 radical (unpaired) electrons. The van der Waals surface area contributed by atoms with E-state index in [1.807, 2.05) is 0 Å². The van der Waals surface area contributed by atoms with E-state index >= 15 is 0 Å². The number of hydrogen-bond donors (Lipinski definition) is 2. The van der Waals surface area contributed by atoms with E-state index < -0.39 is 10.2 Å². The Morgan fingerprint density at radius 1 is 1.44 bits per heavy atom. The van der Waals surface area contributed by atoms with Crippen LogP contribution in [0.5, 0.6) is 0 Å². The lowest BCUT2D eigenvalue weighted by Gasteiger charge is -2.25. The first-order valence-corrected chi connectivity index (χ1v) is 6.92. The lowest BCUT2D eigenvalue weighted by atomic mass is 10.1. The first kappa shape index (κ1) is 13.9. The highest BCUT2D eigenvalue weighted by atomic mass is 32.2. The van der Waals surface area contributed by atoms with E-state index in [2.05, 4.69) is 4.72 Å². The summed E-state index contributed by atoms with van der Waals surface area (Å²) in [6.07, 6.45) is 1.88. The number of nitrogens with zero attached hydrogens (tertiary/aromatic N) is 1. The molecule has 0 spiro atoms. The molecule has 0 saturated carbocycles. The second kappa shape index (κ2) is 6.51. The molecule has 0 aliphatic carbocycles. The molecule has 0 atom stereocenters. The van der Waals surface area contributed by atoms with Crippen molar-refractivity contribution in [1.82, 2.24) is 9.03 Å². The van der Waals surface area contributed by atoms with Gasteiger partial charge in [-0.05, 0) is 19.3 Å². The van der Waals surface area contributed by atoms with Gasteiger partial charge in [0.05, 0.1) is 0 Å². The molecule has 16 heavy (non-hydrogen) atoms. The van der Waals surface area contributed by atoms with Crippen molar-refractivity contribution in [3.05, 3.63) is 0 Å². The molecule has 0 bridgehead atoms. The molecule has 6 nitrogen and oxygen atoms in total. The molecule has 1 fully saturated rings. The standard InChI is InChI=1S/C9H20N2O4S/c1-11(5-2-6-12)16(13,14)10-9-3-7-15-8-4-9/h9-10,12H,2-8H2,1H3. The first-order valence-electron chi connectivity index (χ1n) is 5.48. The second-order valence-corrected chi connectivity index (χ2v) is 5.72. The number of nitrogens with one attached hydrogen (secondary N) is 1. The van der Waals surface area contributed by atoms with Gasteiger partial charge in [0.25, 0.3) is 10.2 Å². The Bertz CT molecular complexity index is 288. The third-order valence-corrected chi connectivity index (χ3v) is 4.21. The number of ether oxygens (including phenoxy) is 1. The highest BCUT2D eigenvalue weighted by molar-refractivity contribution is 7.87. The highest BCUT2D eigenvalue weighted by Crippen LogP contribution is 2.08. The molecule has 0 aromatic rings. The van der Waals surface area contributed by atoms with E-state index in [1.54, 1.807) is 0 Å². The second-order valence-electron chi connectivity index (χ2n) is 3.91. The fourth-order valence-electron chi connectivity index (χ4n) is 1.53. The normalized spacial score (nSPS) is 19.2. The van der Waals surface area contributed by atoms with Crippen LogP contribution in [0.3, 0.4) is 0 Å². The molecule has 1 saturated heterocycles. The maximum Gasteiger partial charge on any atom is 0.279 e. The summed E-state index contributed by atoms with van der Waals surface area (Å²) in [5.74, 6) is 0. The zero-order valence-electron chi connectivity index (χ0n) is 9.55. The maximum absolute atomic E-state index is 11.8. The van der Waals surface area contributed by atoms with Crippen molar-refractivity contribution < 1.29 is 18.3 Å². The highest BCUT2D eigenvalue weighted by Gasteiger charge is 2.23. The number of aliphatic hydroxyl groups excluding tert-OH is 1. The van der Waals surface area contributed by atoms with Crippen molar-refractivity contribution in [1.29, 1.82) is 0 Å². The minimum Gasteiger partial charge on any atom is -0.396 e. The third-order valence-electron chi connectivity index (χ3n) is 2.58. The predicted molar refractivity (Wildman–Crippen MR) is 60.2 cm³/mol. The van der Waals surface area contributed by atoms with E-state index in [0.717, 1.165) is 0 Å². The van der Waals surface area contributed by atoms with E-state index in [4.69, 9.17) is 9.84 Å². The molecule has 7 heteroatoms. The number of hydrogen-bond acceptors (Lipinski definition) is 4. The van der Waals surface area contributed by atoms with Gasteiger partial charge in [-0.3, -0.25) is 0 Å². The first-order chi connectivity index (χ1) is 7.56. The minimum absolute atomic E-state index is 0.00285. The van der Waals surface area contributed by atoms with Crippen LogP contribution in [0.4, 0.5) is 0 Å². The van der Waals surface area contributed by atoms with Gasteiger partial charge in [-0.25, -0.2) is 0 Å². The van der Waals surface area contributed by atoms with Gasteiger partial charge in [-0.2, -0.15) is 17.4 Å². The topological polar surface area (TPSA) is 78.9 Å². The maximum atomic E-state index is 11.8.